The lowest BCUT2D eigenvalue weighted by Crippen LogP contribution is -2.17. The Balaban J connectivity index is 1.86. The van der Waals surface area contributed by atoms with Gasteiger partial charge in [-0.25, -0.2) is 0 Å². The van der Waals surface area contributed by atoms with Gasteiger partial charge in [-0.3, -0.25) is 4.79 Å². The van der Waals surface area contributed by atoms with Gasteiger partial charge in [-0.2, -0.15) is 5.26 Å². The number of amides is 1. The molecule has 0 atom stereocenters. The van der Waals surface area contributed by atoms with E-state index in [1.807, 2.05) is 18.2 Å². The molecule has 1 amide bonds. The van der Waals surface area contributed by atoms with Gasteiger partial charge in [-0.15, -0.1) is 0 Å². The van der Waals surface area contributed by atoms with Crippen molar-refractivity contribution in [3.63, 3.8) is 0 Å². The van der Waals surface area contributed by atoms with Crippen LogP contribution in [0.3, 0.4) is 0 Å². The van der Waals surface area contributed by atoms with Gasteiger partial charge in [-0.1, -0.05) is 24.0 Å². The van der Waals surface area contributed by atoms with E-state index in [4.69, 9.17) is 21.9 Å². The van der Waals surface area contributed by atoms with Crippen LogP contribution in [0.25, 0.3) is 17.4 Å². The molecule has 0 aliphatic carbocycles. The molecule has 1 aliphatic heterocycles. The molecule has 1 aliphatic rings. The van der Waals surface area contributed by atoms with Gasteiger partial charge in [0.1, 0.15) is 15.8 Å². The average Bonchev–Trinajstić information content (AvgIpc) is 3.07. The highest BCUT2D eigenvalue weighted by Crippen LogP contribution is 2.28. The fraction of sp³-hybridized carbons (Fsp3) is 0. The van der Waals surface area contributed by atoms with Crippen LogP contribution in [-0.4, -0.2) is 10.2 Å². The minimum atomic E-state index is -0.207. The summed E-state index contributed by atoms with van der Waals surface area (Å²) in [6.45, 7) is 0. The highest BCUT2D eigenvalue weighted by atomic mass is 32.2. The van der Waals surface area contributed by atoms with Crippen molar-refractivity contribution in [1.29, 1.82) is 5.26 Å². The molecule has 1 fully saturated rings. The number of carbonyl (C=O) groups excluding carboxylic acids is 1. The van der Waals surface area contributed by atoms with Crippen LogP contribution < -0.4 is 5.32 Å². The number of benzene rings is 1. The van der Waals surface area contributed by atoms with Crippen molar-refractivity contribution in [2.45, 2.75) is 0 Å². The Morgan fingerprint density at radius 2 is 2.00 bits per heavy atom. The Bertz CT molecular complexity index is 798. The van der Waals surface area contributed by atoms with E-state index in [1.165, 1.54) is 11.8 Å². The SMILES string of the molecule is N#Cc1ccc(-c2ccc(/C=C3/SC(=S)NC3=O)o2)cc1. The quantitative estimate of drug-likeness (QED) is 0.681. The Kier molecular flexibility index (Phi) is 3.60. The largest absolute Gasteiger partial charge is 0.457 e. The third-order valence-electron chi connectivity index (χ3n) is 2.84. The van der Waals surface area contributed by atoms with Crippen molar-refractivity contribution < 1.29 is 9.21 Å². The lowest BCUT2D eigenvalue weighted by molar-refractivity contribution is -0.115. The van der Waals surface area contributed by atoms with E-state index in [0.29, 0.717) is 26.3 Å². The van der Waals surface area contributed by atoms with Gasteiger partial charge in [0.15, 0.2) is 0 Å². The molecular formula is C15H8N2O2S2. The van der Waals surface area contributed by atoms with Crippen molar-refractivity contribution in [3.8, 4) is 17.4 Å². The molecule has 0 spiro atoms. The summed E-state index contributed by atoms with van der Waals surface area (Å²) in [5.74, 6) is 1.05. The van der Waals surface area contributed by atoms with Crippen LogP contribution >= 0.6 is 24.0 Å². The number of carbonyl (C=O) groups is 1. The standard InChI is InChI=1S/C15H8N2O2S2/c16-8-9-1-3-10(4-2-9)12-6-5-11(19-12)7-13-14(18)17-15(20)21-13/h1-7H,(H,17,18,20)/b13-7+. The number of nitrogens with zero attached hydrogens (tertiary/aromatic N) is 1. The molecule has 4 nitrogen and oxygen atoms in total. The number of rotatable bonds is 2. The molecule has 21 heavy (non-hydrogen) atoms. The first-order valence-corrected chi connectivity index (χ1v) is 7.23. The maximum atomic E-state index is 11.6. The Labute approximate surface area is 130 Å². The third-order valence-corrected chi connectivity index (χ3v) is 4.00. The summed E-state index contributed by atoms with van der Waals surface area (Å²) in [7, 11) is 0. The van der Waals surface area contributed by atoms with Gasteiger partial charge in [0.25, 0.3) is 5.91 Å². The maximum Gasteiger partial charge on any atom is 0.263 e. The number of hydrogen-bond acceptors (Lipinski definition) is 5. The number of nitriles is 1. The molecule has 1 aromatic carbocycles. The van der Waals surface area contributed by atoms with Crippen LogP contribution in [0.15, 0.2) is 45.7 Å². The zero-order chi connectivity index (χ0) is 14.8. The van der Waals surface area contributed by atoms with Crippen LogP contribution in [-0.2, 0) is 4.79 Å². The van der Waals surface area contributed by atoms with Gasteiger partial charge in [0.2, 0.25) is 0 Å². The van der Waals surface area contributed by atoms with Gasteiger partial charge in [-0.05, 0) is 36.4 Å². The van der Waals surface area contributed by atoms with Gasteiger partial charge >= 0.3 is 0 Å². The fourth-order valence-electron chi connectivity index (χ4n) is 1.84. The molecule has 1 aromatic heterocycles. The second kappa shape index (κ2) is 5.56. The molecule has 2 heterocycles. The Hall–Kier alpha value is -2.36. The van der Waals surface area contributed by atoms with Crippen LogP contribution in [0.5, 0.6) is 0 Å². The molecule has 1 saturated heterocycles. The van der Waals surface area contributed by atoms with E-state index in [9.17, 15) is 4.79 Å². The summed E-state index contributed by atoms with van der Waals surface area (Å²) >= 11 is 6.14. The molecular weight excluding hydrogens is 304 g/mol. The summed E-state index contributed by atoms with van der Waals surface area (Å²) in [5, 5.41) is 11.3. The number of nitrogens with one attached hydrogen (secondary N) is 1. The van der Waals surface area contributed by atoms with E-state index in [2.05, 4.69) is 11.4 Å². The third kappa shape index (κ3) is 2.89. The van der Waals surface area contributed by atoms with Crippen LogP contribution in [0.2, 0.25) is 0 Å². The second-order valence-electron chi connectivity index (χ2n) is 4.24. The highest BCUT2D eigenvalue weighted by Gasteiger charge is 2.22. The molecule has 0 saturated carbocycles. The highest BCUT2D eigenvalue weighted by molar-refractivity contribution is 8.26. The summed E-state index contributed by atoms with van der Waals surface area (Å²) in [4.78, 5) is 12.1. The average molecular weight is 312 g/mol. The first-order chi connectivity index (χ1) is 10.2. The maximum absolute atomic E-state index is 11.6. The van der Waals surface area contributed by atoms with Crippen LogP contribution in [0.1, 0.15) is 11.3 Å². The molecule has 0 unspecified atom stereocenters. The minimum absolute atomic E-state index is 0.207. The smallest absolute Gasteiger partial charge is 0.263 e. The van der Waals surface area contributed by atoms with E-state index < -0.39 is 0 Å². The summed E-state index contributed by atoms with van der Waals surface area (Å²) < 4.78 is 6.14. The summed E-state index contributed by atoms with van der Waals surface area (Å²) in [6, 6.07) is 12.8. The molecule has 6 heteroatoms. The van der Waals surface area contributed by atoms with Crippen molar-refractivity contribution in [1.82, 2.24) is 5.32 Å². The summed E-state index contributed by atoms with van der Waals surface area (Å²) in [6.07, 6.45) is 1.66. The molecule has 1 N–H and O–H groups in total. The van der Waals surface area contributed by atoms with Crippen molar-refractivity contribution in [3.05, 3.63) is 52.6 Å². The molecule has 3 rings (SSSR count). The van der Waals surface area contributed by atoms with Gasteiger partial charge in [0.05, 0.1) is 16.5 Å². The zero-order valence-corrected chi connectivity index (χ0v) is 12.3. The van der Waals surface area contributed by atoms with Crippen molar-refractivity contribution in [2.75, 3.05) is 0 Å². The van der Waals surface area contributed by atoms with E-state index in [1.54, 1.807) is 24.3 Å². The zero-order valence-electron chi connectivity index (χ0n) is 10.6. The molecule has 102 valence electrons. The predicted molar refractivity (Wildman–Crippen MR) is 85.2 cm³/mol. The number of thiocarbonyl (C=S) groups is 1. The summed E-state index contributed by atoms with van der Waals surface area (Å²) in [5.41, 5.74) is 1.47. The van der Waals surface area contributed by atoms with Gasteiger partial charge < -0.3 is 9.73 Å². The lowest BCUT2D eigenvalue weighted by atomic mass is 10.1. The topological polar surface area (TPSA) is 66.0 Å². The minimum Gasteiger partial charge on any atom is -0.457 e. The first-order valence-electron chi connectivity index (χ1n) is 6.01. The Morgan fingerprint density at radius 3 is 2.62 bits per heavy atom. The van der Waals surface area contributed by atoms with Gasteiger partial charge in [0, 0.05) is 11.6 Å². The second-order valence-corrected chi connectivity index (χ2v) is 5.96. The predicted octanol–water partition coefficient (Wildman–Crippen LogP) is 3.31. The van der Waals surface area contributed by atoms with Crippen molar-refractivity contribution >= 4 is 40.3 Å². The van der Waals surface area contributed by atoms with E-state index in [0.717, 1.165) is 5.56 Å². The van der Waals surface area contributed by atoms with Crippen LogP contribution in [0.4, 0.5) is 0 Å². The number of thioether (sulfide) groups is 1. The molecule has 2 aromatic rings. The first kappa shape index (κ1) is 13.6. The molecule has 0 radical (unpaired) electrons. The monoisotopic (exact) mass is 312 g/mol. The van der Waals surface area contributed by atoms with Crippen LogP contribution in [0, 0.1) is 11.3 Å². The van der Waals surface area contributed by atoms with Crippen molar-refractivity contribution in [2.24, 2.45) is 0 Å². The number of furan rings is 1. The number of hydrogen-bond donors (Lipinski definition) is 1. The normalized spacial score (nSPS) is 16.0. The van der Waals surface area contributed by atoms with E-state index in [-0.39, 0.29) is 5.91 Å². The van der Waals surface area contributed by atoms with E-state index >= 15 is 0 Å². The Morgan fingerprint density at radius 1 is 1.24 bits per heavy atom. The molecule has 0 bridgehead atoms. The lowest BCUT2D eigenvalue weighted by Gasteiger charge is -1.96. The fourth-order valence-corrected chi connectivity index (χ4v) is 2.87.